The average molecular weight is 348 g/mol. The van der Waals surface area contributed by atoms with E-state index in [0.29, 0.717) is 0 Å². The number of nitrogens with one attached hydrogen (secondary N) is 2. The number of anilines is 1. The molecule has 5 amide bonds. The van der Waals surface area contributed by atoms with Crippen molar-refractivity contribution >= 4 is 29.4 Å². The molecule has 1 aromatic rings. The fraction of sp³-hybridized carbons (Fsp3) is 0.375. The Bertz CT molecular complexity index is 768. The Morgan fingerprint density at radius 1 is 1.24 bits per heavy atom. The number of fused-ring (bicyclic) bond motifs is 1. The van der Waals surface area contributed by atoms with Crippen LogP contribution in [0.15, 0.2) is 24.3 Å². The number of hydrogen-bond acceptors (Lipinski definition) is 4. The molecule has 8 nitrogen and oxygen atoms in total. The van der Waals surface area contributed by atoms with Crippen molar-refractivity contribution in [2.75, 3.05) is 19.4 Å². The van der Waals surface area contributed by atoms with Gasteiger partial charge >= 0.3 is 6.03 Å². The first-order valence-corrected chi connectivity index (χ1v) is 7.70. The second-order valence-corrected chi connectivity index (χ2v) is 6.11. The summed E-state index contributed by atoms with van der Waals surface area (Å²) in [5.41, 5.74) is 0.00170. The van der Waals surface area contributed by atoms with E-state index in [9.17, 15) is 23.6 Å². The average Bonchev–Trinajstić information content (AvgIpc) is 2.90. The number of carbonyl (C=O) groups excluding carboxylic acids is 4. The summed E-state index contributed by atoms with van der Waals surface area (Å²) in [6.07, 6.45) is -1.07. The van der Waals surface area contributed by atoms with E-state index in [0.717, 1.165) is 4.90 Å². The summed E-state index contributed by atoms with van der Waals surface area (Å²) < 4.78 is 13.6. The Kier molecular flexibility index (Phi) is 4.15. The Balaban J connectivity index is 1.77. The molecule has 0 radical (unpaired) electrons. The summed E-state index contributed by atoms with van der Waals surface area (Å²) >= 11 is 0. The first kappa shape index (κ1) is 16.9. The van der Waals surface area contributed by atoms with E-state index in [4.69, 9.17) is 0 Å². The van der Waals surface area contributed by atoms with Gasteiger partial charge in [-0.15, -0.1) is 0 Å². The Morgan fingerprint density at radius 3 is 2.60 bits per heavy atom. The van der Waals surface area contributed by atoms with Gasteiger partial charge in [-0.3, -0.25) is 19.3 Å². The Hall–Kier alpha value is -2.97. The summed E-state index contributed by atoms with van der Waals surface area (Å²) in [6.45, 7) is 0. The van der Waals surface area contributed by atoms with E-state index in [2.05, 4.69) is 10.6 Å². The van der Waals surface area contributed by atoms with Gasteiger partial charge in [0.1, 0.15) is 12.0 Å². The van der Waals surface area contributed by atoms with Crippen LogP contribution in [-0.4, -0.2) is 53.8 Å². The van der Waals surface area contributed by atoms with Crippen LogP contribution in [0.3, 0.4) is 0 Å². The smallest absolute Gasteiger partial charge is 0.327 e. The van der Waals surface area contributed by atoms with Crippen LogP contribution in [0, 0.1) is 17.7 Å². The fourth-order valence-electron chi connectivity index (χ4n) is 3.23. The van der Waals surface area contributed by atoms with Crippen molar-refractivity contribution in [1.29, 1.82) is 0 Å². The third-order valence-corrected chi connectivity index (χ3v) is 4.58. The highest BCUT2D eigenvalue weighted by Gasteiger charge is 2.54. The molecule has 1 aromatic carbocycles. The summed E-state index contributed by atoms with van der Waals surface area (Å²) in [6, 6.07) is 5.13. The number of rotatable bonds is 3. The molecule has 2 heterocycles. The number of amides is 5. The predicted molar refractivity (Wildman–Crippen MR) is 84.5 cm³/mol. The van der Waals surface area contributed by atoms with E-state index in [-0.39, 0.29) is 12.1 Å². The van der Waals surface area contributed by atoms with Crippen LogP contribution in [0.4, 0.5) is 14.9 Å². The standard InChI is InChI=1S/C16H17FN4O4/c1-20-13-12(15(24)21(2)16(20)25)8(14(23)19-13)7-11(22)18-10-6-4-3-5-9(10)17/h3-6,8,12-13H,7H2,1-2H3,(H,18,22)(H,19,23). The Morgan fingerprint density at radius 2 is 1.92 bits per heavy atom. The molecule has 0 aliphatic carbocycles. The van der Waals surface area contributed by atoms with Crippen LogP contribution in [0.25, 0.3) is 0 Å². The van der Waals surface area contributed by atoms with E-state index in [1.807, 2.05) is 0 Å². The maximum atomic E-state index is 13.6. The van der Waals surface area contributed by atoms with Gasteiger partial charge in [0.25, 0.3) is 0 Å². The number of benzene rings is 1. The molecular formula is C16H17FN4O4. The molecule has 3 atom stereocenters. The second-order valence-electron chi connectivity index (χ2n) is 6.11. The molecule has 2 saturated heterocycles. The van der Waals surface area contributed by atoms with E-state index in [1.54, 1.807) is 6.07 Å². The van der Waals surface area contributed by atoms with Crippen molar-refractivity contribution < 1.29 is 23.6 Å². The van der Waals surface area contributed by atoms with Crippen molar-refractivity contribution in [3.05, 3.63) is 30.1 Å². The maximum Gasteiger partial charge on any atom is 0.327 e. The molecule has 0 aromatic heterocycles. The number of imide groups is 1. The molecular weight excluding hydrogens is 331 g/mol. The van der Waals surface area contributed by atoms with Crippen molar-refractivity contribution in [3.63, 3.8) is 0 Å². The molecule has 132 valence electrons. The molecule has 0 saturated carbocycles. The van der Waals surface area contributed by atoms with Gasteiger partial charge in [0.05, 0.1) is 17.5 Å². The normalized spacial score (nSPS) is 25.7. The molecule has 9 heteroatoms. The van der Waals surface area contributed by atoms with Gasteiger partial charge in [-0.1, -0.05) is 12.1 Å². The molecule has 0 bridgehead atoms. The predicted octanol–water partition coefficient (Wildman–Crippen LogP) is 0.366. The molecule has 2 fully saturated rings. The van der Waals surface area contributed by atoms with Gasteiger partial charge in [0, 0.05) is 20.5 Å². The molecule has 3 unspecified atom stereocenters. The van der Waals surface area contributed by atoms with Gasteiger partial charge in [-0.2, -0.15) is 0 Å². The monoisotopic (exact) mass is 348 g/mol. The summed E-state index contributed by atoms with van der Waals surface area (Å²) in [5.74, 6) is -3.96. The number of carbonyl (C=O) groups is 4. The van der Waals surface area contributed by atoms with Gasteiger partial charge in [-0.05, 0) is 12.1 Å². The molecule has 2 aliphatic rings. The summed E-state index contributed by atoms with van der Waals surface area (Å²) in [4.78, 5) is 51.0. The number of para-hydroxylation sites is 1. The molecule has 2 aliphatic heterocycles. The van der Waals surface area contributed by atoms with E-state index in [1.165, 1.54) is 37.2 Å². The first-order valence-electron chi connectivity index (χ1n) is 7.70. The van der Waals surface area contributed by atoms with Crippen molar-refractivity contribution in [2.45, 2.75) is 12.6 Å². The zero-order valence-corrected chi connectivity index (χ0v) is 13.7. The highest BCUT2D eigenvalue weighted by Crippen LogP contribution is 2.33. The lowest BCUT2D eigenvalue weighted by atomic mass is 9.87. The zero-order chi connectivity index (χ0) is 18.3. The van der Waals surface area contributed by atoms with Gasteiger partial charge in [0.15, 0.2) is 0 Å². The lowest BCUT2D eigenvalue weighted by Gasteiger charge is -2.38. The van der Waals surface area contributed by atoms with Crippen LogP contribution < -0.4 is 10.6 Å². The highest BCUT2D eigenvalue weighted by molar-refractivity contribution is 6.04. The van der Waals surface area contributed by atoms with Gasteiger partial charge in [-0.25, -0.2) is 9.18 Å². The fourth-order valence-corrected chi connectivity index (χ4v) is 3.23. The summed E-state index contributed by atoms with van der Waals surface area (Å²) in [5, 5.41) is 4.98. The highest BCUT2D eigenvalue weighted by atomic mass is 19.1. The van der Waals surface area contributed by atoms with Crippen LogP contribution in [-0.2, 0) is 14.4 Å². The minimum Gasteiger partial charge on any atom is -0.335 e. The lowest BCUT2D eigenvalue weighted by Crippen LogP contribution is -2.61. The number of urea groups is 1. The largest absolute Gasteiger partial charge is 0.335 e. The molecule has 2 N–H and O–H groups in total. The van der Waals surface area contributed by atoms with Crippen molar-refractivity contribution in [1.82, 2.24) is 15.1 Å². The third-order valence-electron chi connectivity index (χ3n) is 4.58. The summed E-state index contributed by atoms with van der Waals surface area (Å²) in [7, 11) is 2.81. The maximum absolute atomic E-state index is 13.6. The molecule has 3 rings (SSSR count). The minimum atomic E-state index is -0.928. The lowest BCUT2D eigenvalue weighted by molar-refractivity contribution is -0.139. The van der Waals surface area contributed by atoms with Crippen LogP contribution in [0.1, 0.15) is 6.42 Å². The van der Waals surface area contributed by atoms with Gasteiger partial charge < -0.3 is 15.5 Å². The van der Waals surface area contributed by atoms with Gasteiger partial charge in [0.2, 0.25) is 17.7 Å². The SMILES string of the molecule is CN1C(=O)C2C(CC(=O)Nc3ccccc3F)C(=O)NC2N(C)C1=O. The number of hydrogen-bond donors (Lipinski definition) is 2. The molecule has 25 heavy (non-hydrogen) atoms. The first-order chi connectivity index (χ1) is 11.8. The second kappa shape index (κ2) is 6.15. The van der Waals surface area contributed by atoms with Crippen LogP contribution >= 0.6 is 0 Å². The van der Waals surface area contributed by atoms with Crippen LogP contribution in [0.2, 0.25) is 0 Å². The van der Waals surface area contributed by atoms with Crippen molar-refractivity contribution in [2.24, 2.45) is 11.8 Å². The Labute approximate surface area is 143 Å². The topological polar surface area (TPSA) is 98.8 Å². The zero-order valence-electron chi connectivity index (χ0n) is 13.7. The van der Waals surface area contributed by atoms with Crippen LogP contribution in [0.5, 0.6) is 0 Å². The van der Waals surface area contributed by atoms with Crippen molar-refractivity contribution in [3.8, 4) is 0 Å². The number of nitrogens with zero attached hydrogens (tertiary/aromatic N) is 2. The van der Waals surface area contributed by atoms with E-state index < -0.39 is 47.6 Å². The quantitative estimate of drug-likeness (QED) is 0.824. The third kappa shape index (κ3) is 2.81. The minimum absolute atomic E-state index is 0.00170. The van der Waals surface area contributed by atoms with E-state index >= 15 is 0 Å². The molecule has 0 spiro atoms. The number of halogens is 1.